The number of hydrogen-bond acceptors (Lipinski definition) is 5. The number of nitrogens with two attached hydrogens (primary N) is 1. The van der Waals surface area contributed by atoms with Crippen LogP contribution >= 0.6 is 0 Å². The molecule has 0 unspecified atom stereocenters. The van der Waals surface area contributed by atoms with Gasteiger partial charge in [0.1, 0.15) is 0 Å². The van der Waals surface area contributed by atoms with Crippen LogP contribution in [0.4, 0.5) is 0 Å². The second-order valence-corrected chi connectivity index (χ2v) is 5.07. The molecule has 0 atom stereocenters. The van der Waals surface area contributed by atoms with Crippen LogP contribution in [0.5, 0.6) is 17.2 Å². The Bertz CT molecular complexity index is 801. The summed E-state index contributed by atoms with van der Waals surface area (Å²) in [5.41, 5.74) is 6.42. The average Bonchev–Trinajstić information content (AvgIpc) is 2.64. The van der Waals surface area contributed by atoms with Gasteiger partial charge in [-0.2, -0.15) is 0 Å². The highest BCUT2D eigenvalue weighted by Crippen LogP contribution is 2.38. The second kappa shape index (κ2) is 8.01. The molecule has 2 rings (SSSR count). The molecule has 0 saturated heterocycles. The lowest BCUT2D eigenvalue weighted by Crippen LogP contribution is -2.15. The van der Waals surface area contributed by atoms with E-state index in [1.54, 1.807) is 36.4 Å². The van der Waals surface area contributed by atoms with Gasteiger partial charge in [0, 0.05) is 5.56 Å². The third-order valence-corrected chi connectivity index (χ3v) is 3.57. The van der Waals surface area contributed by atoms with Gasteiger partial charge in [-0.05, 0) is 29.8 Å². The Morgan fingerprint density at radius 1 is 0.920 bits per heavy atom. The molecule has 2 N–H and O–H groups in total. The zero-order valence-electron chi connectivity index (χ0n) is 14.2. The number of ether oxygens (including phenoxy) is 3. The topological polar surface area (TPSA) is 87.9 Å². The number of benzene rings is 2. The van der Waals surface area contributed by atoms with Crippen LogP contribution in [0.15, 0.2) is 42.5 Å². The summed E-state index contributed by atoms with van der Waals surface area (Å²) in [7, 11) is 4.54. The van der Waals surface area contributed by atoms with E-state index in [2.05, 4.69) is 0 Å². The molecule has 0 radical (unpaired) electrons. The number of hydrogen-bond donors (Lipinski definition) is 1. The van der Waals surface area contributed by atoms with Gasteiger partial charge < -0.3 is 19.9 Å². The molecular weight excluding hydrogens is 322 g/mol. The molecule has 6 heteroatoms. The average molecular weight is 341 g/mol. The van der Waals surface area contributed by atoms with E-state index >= 15 is 0 Å². The number of ketones is 1. The Kier molecular flexibility index (Phi) is 5.79. The van der Waals surface area contributed by atoms with Gasteiger partial charge in [0.25, 0.3) is 0 Å². The maximum atomic E-state index is 12.4. The normalized spacial score (nSPS) is 10.5. The summed E-state index contributed by atoms with van der Waals surface area (Å²) < 4.78 is 15.8. The van der Waals surface area contributed by atoms with Gasteiger partial charge in [0.15, 0.2) is 17.3 Å². The molecule has 130 valence electrons. The predicted octanol–water partition coefficient (Wildman–Crippen LogP) is 2.71. The lowest BCUT2D eigenvalue weighted by atomic mass is 10.0. The van der Waals surface area contributed by atoms with Crippen LogP contribution in [0.1, 0.15) is 26.3 Å². The molecule has 0 heterocycles. The van der Waals surface area contributed by atoms with Crippen molar-refractivity contribution in [3.63, 3.8) is 0 Å². The maximum Gasteiger partial charge on any atom is 0.249 e. The Labute approximate surface area is 145 Å². The summed E-state index contributed by atoms with van der Waals surface area (Å²) in [6, 6.07) is 9.83. The fourth-order valence-corrected chi connectivity index (χ4v) is 2.37. The van der Waals surface area contributed by atoms with E-state index < -0.39 is 5.91 Å². The van der Waals surface area contributed by atoms with Crippen molar-refractivity contribution in [2.75, 3.05) is 21.3 Å². The summed E-state index contributed by atoms with van der Waals surface area (Å²) >= 11 is 0. The fraction of sp³-hybridized carbons (Fsp3) is 0.158. The molecule has 0 aromatic heterocycles. The molecule has 0 spiro atoms. The molecule has 0 bridgehead atoms. The van der Waals surface area contributed by atoms with Gasteiger partial charge in [-0.15, -0.1) is 0 Å². The molecule has 0 aliphatic carbocycles. The minimum atomic E-state index is -0.648. The number of carbonyl (C=O) groups excluding carboxylic acids is 2. The Balaban J connectivity index is 2.36. The van der Waals surface area contributed by atoms with E-state index in [1.807, 2.05) is 0 Å². The molecule has 0 aliphatic rings. The van der Waals surface area contributed by atoms with Crippen molar-refractivity contribution < 1.29 is 23.8 Å². The highest BCUT2D eigenvalue weighted by atomic mass is 16.5. The Hall–Kier alpha value is -3.28. The Morgan fingerprint density at radius 3 is 1.96 bits per heavy atom. The van der Waals surface area contributed by atoms with Crippen molar-refractivity contribution in [2.45, 2.75) is 0 Å². The zero-order chi connectivity index (χ0) is 18.4. The first-order valence-electron chi connectivity index (χ1n) is 7.43. The number of methoxy groups -OCH3 is 3. The molecule has 0 fully saturated rings. The maximum absolute atomic E-state index is 12.4. The van der Waals surface area contributed by atoms with E-state index in [-0.39, 0.29) is 16.9 Å². The first kappa shape index (κ1) is 18.1. The molecule has 6 nitrogen and oxygen atoms in total. The van der Waals surface area contributed by atoms with Crippen molar-refractivity contribution in [3.8, 4) is 17.2 Å². The van der Waals surface area contributed by atoms with Crippen molar-refractivity contribution in [2.24, 2.45) is 5.73 Å². The van der Waals surface area contributed by atoms with Crippen LogP contribution in [-0.4, -0.2) is 33.0 Å². The molecule has 2 aromatic carbocycles. The van der Waals surface area contributed by atoms with Gasteiger partial charge in [0.2, 0.25) is 11.7 Å². The first-order chi connectivity index (χ1) is 12.0. The molecular formula is C19H19NO5. The van der Waals surface area contributed by atoms with Crippen LogP contribution in [0.25, 0.3) is 6.08 Å². The van der Waals surface area contributed by atoms with Crippen LogP contribution in [0.3, 0.4) is 0 Å². The highest BCUT2D eigenvalue weighted by molar-refractivity contribution is 6.13. The smallest absolute Gasteiger partial charge is 0.249 e. The van der Waals surface area contributed by atoms with Gasteiger partial charge >= 0.3 is 0 Å². The quantitative estimate of drug-likeness (QED) is 0.618. The summed E-state index contributed by atoms with van der Waals surface area (Å²) in [6.45, 7) is 0. The van der Waals surface area contributed by atoms with Gasteiger partial charge in [-0.3, -0.25) is 9.59 Å². The lowest BCUT2D eigenvalue weighted by Gasteiger charge is -2.12. The summed E-state index contributed by atoms with van der Waals surface area (Å²) in [6.07, 6.45) is 2.97. The van der Waals surface area contributed by atoms with Crippen molar-refractivity contribution in [3.05, 3.63) is 59.2 Å². The number of primary amides is 1. The second-order valence-electron chi connectivity index (χ2n) is 5.07. The van der Waals surface area contributed by atoms with Crippen molar-refractivity contribution in [1.82, 2.24) is 0 Å². The number of rotatable bonds is 7. The van der Waals surface area contributed by atoms with Crippen LogP contribution in [0.2, 0.25) is 0 Å². The van der Waals surface area contributed by atoms with Gasteiger partial charge in [0.05, 0.1) is 26.9 Å². The first-order valence-corrected chi connectivity index (χ1v) is 7.43. The van der Waals surface area contributed by atoms with E-state index in [4.69, 9.17) is 19.9 Å². The summed E-state index contributed by atoms with van der Waals surface area (Å²) in [5, 5.41) is 0. The predicted molar refractivity (Wildman–Crippen MR) is 94.4 cm³/mol. The van der Waals surface area contributed by atoms with Gasteiger partial charge in [-0.1, -0.05) is 24.3 Å². The standard InChI is InChI=1S/C19H19NO5/c1-23-16-10-12(11-17(24-2)18(16)25-3)8-9-15(21)13-6-4-5-7-14(13)19(20)22/h4-11H,1-3H3,(H2,20,22)/b9-8+. The van der Waals surface area contributed by atoms with Crippen molar-refractivity contribution in [1.29, 1.82) is 0 Å². The third-order valence-electron chi connectivity index (χ3n) is 3.57. The highest BCUT2D eigenvalue weighted by Gasteiger charge is 2.14. The van der Waals surface area contributed by atoms with E-state index in [0.29, 0.717) is 22.8 Å². The molecule has 0 aliphatic heterocycles. The fourth-order valence-electron chi connectivity index (χ4n) is 2.37. The van der Waals surface area contributed by atoms with Crippen LogP contribution in [0, 0.1) is 0 Å². The van der Waals surface area contributed by atoms with Crippen molar-refractivity contribution >= 4 is 17.8 Å². The lowest BCUT2D eigenvalue weighted by molar-refractivity contribution is 0.0983. The Morgan fingerprint density at radius 2 is 1.48 bits per heavy atom. The number of amides is 1. The molecule has 2 aromatic rings. The monoisotopic (exact) mass is 341 g/mol. The summed E-state index contributed by atoms with van der Waals surface area (Å²) in [4.78, 5) is 23.8. The minimum absolute atomic E-state index is 0.182. The SMILES string of the molecule is COc1cc(/C=C/C(=O)c2ccccc2C(N)=O)cc(OC)c1OC. The van der Waals surface area contributed by atoms with Gasteiger partial charge in [-0.25, -0.2) is 0 Å². The largest absolute Gasteiger partial charge is 0.493 e. The zero-order valence-corrected chi connectivity index (χ0v) is 14.2. The molecule has 1 amide bonds. The molecule has 0 saturated carbocycles. The van der Waals surface area contributed by atoms with E-state index in [0.717, 1.165) is 0 Å². The summed E-state index contributed by atoms with van der Waals surface area (Å²) in [5.74, 6) is 0.443. The minimum Gasteiger partial charge on any atom is -0.493 e. The third kappa shape index (κ3) is 3.98. The van der Waals surface area contributed by atoms with Crippen LogP contribution in [-0.2, 0) is 0 Å². The number of allylic oxidation sites excluding steroid dienone is 1. The van der Waals surface area contributed by atoms with Crippen LogP contribution < -0.4 is 19.9 Å². The molecule has 25 heavy (non-hydrogen) atoms. The van der Waals surface area contributed by atoms with E-state index in [1.165, 1.54) is 33.5 Å². The van der Waals surface area contributed by atoms with E-state index in [9.17, 15) is 9.59 Å². The number of carbonyl (C=O) groups is 2.